The van der Waals surface area contributed by atoms with E-state index in [2.05, 4.69) is 20.7 Å². The Morgan fingerprint density at radius 2 is 2.12 bits per heavy atom. The van der Waals surface area contributed by atoms with Crippen molar-refractivity contribution < 1.29 is 13.2 Å². The number of benzene rings is 1. The Labute approximate surface area is 111 Å². The van der Waals surface area contributed by atoms with Crippen molar-refractivity contribution in [2.75, 3.05) is 13.7 Å². The zero-order valence-electron chi connectivity index (χ0n) is 10.0. The van der Waals surface area contributed by atoms with Crippen molar-refractivity contribution in [3.05, 3.63) is 28.2 Å². The molecule has 0 spiro atoms. The third kappa shape index (κ3) is 4.06. The van der Waals surface area contributed by atoms with E-state index >= 15 is 0 Å². The van der Waals surface area contributed by atoms with Crippen molar-refractivity contribution in [3.63, 3.8) is 0 Å². The smallest absolute Gasteiger partial charge is 0.240 e. The zero-order chi connectivity index (χ0) is 13.1. The molecular formula is C11H16BrNO3S. The monoisotopic (exact) mass is 321 g/mol. The Kier molecular flexibility index (Phi) is 5.12. The fourth-order valence-electron chi connectivity index (χ4n) is 1.40. The highest BCUT2D eigenvalue weighted by Gasteiger charge is 2.17. The maximum absolute atomic E-state index is 12.0. The summed E-state index contributed by atoms with van der Waals surface area (Å²) >= 11 is 3.34. The van der Waals surface area contributed by atoms with Crippen LogP contribution in [0.25, 0.3) is 0 Å². The molecule has 1 N–H and O–H groups in total. The van der Waals surface area contributed by atoms with E-state index in [0.717, 1.165) is 10.0 Å². The van der Waals surface area contributed by atoms with Gasteiger partial charge in [0.15, 0.2) is 0 Å². The Hall–Kier alpha value is -0.430. The zero-order valence-corrected chi connectivity index (χ0v) is 12.4. The van der Waals surface area contributed by atoms with E-state index in [1.54, 1.807) is 25.1 Å². The summed E-state index contributed by atoms with van der Waals surface area (Å²) in [7, 11) is -1.94. The number of aryl methyl sites for hydroxylation is 1. The minimum atomic E-state index is -3.47. The molecule has 0 aliphatic rings. The van der Waals surface area contributed by atoms with E-state index in [0.29, 0.717) is 6.61 Å². The minimum Gasteiger partial charge on any atom is -0.383 e. The molecule has 0 heterocycles. The van der Waals surface area contributed by atoms with E-state index in [1.165, 1.54) is 7.11 Å². The quantitative estimate of drug-likeness (QED) is 0.903. The van der Waals surface area contributed by atoms with Crippen LogP contribution < -0.4 is 4.72 Å². The molecule has 1 unspecified atom stereocenters. The standard InChI is InChI=1S/C11H16BrNO3S/c1-8-6-10(4-5-11(8)12)17(14,15)13-9(2)7-16-3/h4-6,9,13H,7H2,1-3H3. The van der Waals surface area contributed by atoms with Gasteiger partial charge in [-0.2, -0.15) is 0 Å². The van der Waals surface area contributed by atoms with Gasteiger partial charge in [0.25, 0.3) is 0 Å². The first-order valence-electron chi connectivity index (χ1n) is 5.14. The average molecular weight is 322 g/mol. The van der Waals surface area contributed by atoms with Crippen LogP contribution in [-0.2, 0) is 14.8 Å². The molecule has 0 aliphatic carbocycles. The first-order chi connectivity index (χ1) is 7.86. The van der Waals surface area contributed by atoms with Crippen LogP contribution in [0.3, 0.4) is 0 Å². The van der Waals surface area contributed by atoms with Gasteiger partial charge in [-0.05, 0) is 37.6 Å². The first kappa shape index (κ1) is 14.6. The van der Waals surface area contributed by atoms with Gasteiger partial charge in [-0.1, -0.05) is 15.9 Å². The van der Waals surface area contributed by atoms with Gasteiger partial charge in [0.1, 0.15) is 0 Å². The van der Waals surface area contributed by atoms with Gasteiger partial charge in [-0.15, -0.1) is 0 Å². The first-order valence-corrected chi connectivity index (χ1v) is 7.42. The minimum absolute atomic E-state index is 0.256. The molecular weight excluding hydrogens is 306 g/mol. The van der Waals surface area contributed by atoms with Gasteiger partial charge in [-0.3, -0.25) is 0 Å². The number of nitrogens with one attached hydrogen (secondary N) is 1. The van der Waals surface area contributed by atoms with Crippen molar-refractivity contribution in [1.82, 2.24) is 4.72 Å². The Bertz CT molecular complexity index is 487. The summed E-state index contributed by atoms with van der Waals surface area (Å²) in [5.41, 5.74) is 0.882. The fraction of sp³-hybridized carbons (Fsp3) is 0.455. The van der Waals surface area contributed by atoms with Crippen LogP contribution in [0.15, 0.2) is 27.6 Å². The Balaban J connectivity index is 2.93. The van der Waals surface area contributed by atoms with Crippen LogP contribution in [0, 0.1) is 6.92 Å². The van der Waals surface area contributed by atoms with Crippen molar-refractivity contribution >= 4 is 26.0 Å². The largest absolute Gasteiger partial charge is 0.383 e. The van der Waals surface area contributed by atoms with Gasteiger partial charge < -0.3 is 4.74 Å². The molecule has 6 heteroatoms. The van der Waals surface area contributed by atoms with E-state index in [4.69, 9.17) is 4.74 Å². The molecule has 0 fully saturated rings. The summed E-state index contributed by atoms with van der Waals surface area (Å²) in [6.07, 6.45) is 0. The lowest BCUT2D eigenvalue weighted by Crippen LogP contribution is -2.35. The molecule has 0 saturated carbocycles. The second-order valence-electron chi connectivity index (χ2n) is 3.89. The summed E-state index contributed by atoms with van der Waals surface area (Å²) in [6.45, 7) is 3.95. The van der Waals surface area contributed by atoms with Gasteiger partial charge in [-0.25, -0.2) is 13.1 Å². The summed E-state index contributed by atoms with van der Waals surface area (Å²) < 4.78 is 32.3. The molecule has 17 heavy (non-hydrogen) atoms. The van der Waals surface area contributed by atoms with Gasteiger partial charge in [0, 0.05) is 17.6 Å². The molecule has 0 aromatic heterocycles. The molecule has 0 saturated heterocycles. The molecule has 1 aromatic carbocycles. The summed E-state index contributed by atoms with van der Waals surface area (Å²) in [5.74, 6) is 0. The number of rotatable bonds is 5. The molecule has 1 aromatic rings. The predicted octanol–water partition coefficient (Wildman–Crippen LogP) is 2.07. The van der Waals surface area contributed by atoms with Crippen molar-refractivity contribution in [1.29, 1.82) is 0 Å². The van der Waals surface area contributed by atoms with E-state index in [-0.39, 0.29) is 10.9 Å². The van der Waals surface area contributed by atoms with Crippen LogP contribution in [0.1, 0.15) is 12.5 Å². The molecule has 1 atom stereocenters. The van der Waals surface area contributed by atoms with Crippen LogP contribution in [0.2, 0.25) is 0 Å². The second kappa shape index (κ2) is 5.95. The predicted molar refractivity (Wildman–Crippen MR) is 70.5 cm³/mol. The lowest BCUT2D eigenvalue weighted by atomic mass is 10.2. The van der Waals surface area contributed by atoms with Crippen LogP contribution in [0.5, 0.6) is 0 Å². The fourth-order valence-corrected chi connectivity index (χ4v) is 2.96. The number of ether oxygens (including phenoxy) is 1. The Morgan fingerprint density at radius 3 is 2.65 bits per heavy atom. The number of hydrogen-bond acceptors (Lipinski definition) is 3. The van der Waals surface area contributed by atoms with Crippen molar-refractivity contribution in [2.45, 2.75) is 24.8 Å². The molecule has 0 amide bonds. The van der Waals surface area contributed by atoms with Gasteiger partial charge in [0.2, 0.25) is 10.0 Å². The van der Waals surface area contributed by atoms with Crippen LogP contribution >= 0.6 is 15.9 Å². The molecule has 0 radical (unpaired) electrons. The summed E-state index contributed by atoms with van der Waals surface area (Å²) in [6, 6.07) is 4.67. The highest BCUT2D eigenvalue weighted by Crippen LogP contribution is 2.20. The lowest BCUT2D eigenvalue weighted by molar-refractivity contribution is 0.180. The molecule has 0 aliphatic heterocycles. The number of hydrogen-bond donors (Lipinski definition) is 1. The lowest BCUT2D eigenvalue weighted by Gasteiger charge is -2.13. The number of sulfonamides is 1. The number of halogens is 1. The summed E-state index contributed by atoms with van der Waals surface area (Å²) in [4.78, 5) is 0.265. The third-order valence-electron chi connectivity index (χ3n) is 2.21. The second-order valence-corrected chi connectivity index (χ2v) is 6.46. The molecule has 1 rings (SSSR count). The normalized spacial score (nSPS) is 13.6. The maximum atomic E-state index is 12.0. The van der Waals surface area contributed by atoms with Crippen LogP contribution in [-0.4, -0.2) is 28.2 Å². The van der Waals surface area contributed by atoms with E-state index in [1.807, 2.05) is 6.92 Å². The van der Waals surface area contributed by atoms with Gasteiger partial charge in [0.05, 0.1) is 11.5 Å². The topological polar surface area (TPSA) is 55.4 Å². The average Bonchev–Trinajstić information content (AvgIpc) is 2.21. The number of methoxy groups -OCH3 is 1. The third-order valence-corrected chi connectivity index (χ3v) is 4.69. The highest BCUT2D eigenvalue weighted by molar-refractivity contribution is 9.10. The van der Waals surface area contributed by atoms with Crippen molar-refractivity contribution in [3.8, 4) is 0 Å². The highest BCUT2D eigenvalue weighted by atomic mass is 79.9. The van der Waals surface area contributed by atoms with E-state index < -0.39 is 10.0 Å². The Morgan fingerprint density at radius 1 is 1.47 bits per heavy atom. The maximum Gasteiger partial charge on any atom is 0.240 e. The summed E-state index contributed by atoms with van der Waals surface area (Å²) in [5, 5.41) is 0. The molecule has 0 bridgehead atoms. The SMILES string of the molecule is COCC(C)NS(=O)(=O)c1ccc(Br)c(C)c1. The molecule has 4 nitrogen and oxygen atoms in total. The van der Waals surface area contributed by atoms with Crippen LogP contribution in [0.4, 0.5) is 0 Å². The van der Waals surface area contributed by atoms with E-state index in [9.17, 15) is 8.42 Å². The van der Waals surface area contributed by atoms with Gasteiger partial charge >= 0.3 is 0 Å². The molecule has 96 valence electrons. The van der Waals surface area contributed by atoms with Crippen molar-refractivity contribution in [2.24, 2.45) is 0 Å².